The molecule has 0 spiro atoms. The molecule has 1 aromatic rings. The third-order valence-corrected chi connectivity index (χ3v) is 5.56. The molecule has 0 radical (unpaired) electrons. The van der Waals surface area contributed by atoms with E-state index in [2.05, 4.69) is 42.9 Å². The molecule has 0 aliphatic carbocycles. The van der Waals surface area contributed by atoms with Crippen LogP contribution in [-0.4, -0.2) is 67.7 Å². The monoisotopic (exact) mass is 462 g/mol. The molecule has 156 valence electrons. The standard InChI is InChI=1S/C21H27BrN4O3/c1-3-8-25-9-11-26(12-10-25)14-17-18(20(27)29-4-2)19(24-21(28)23-17)15-6-5-7-16(22)13-15/h3,5-7,13,19H,1,4,8-12,14H2,2H3,(H2,23,24,28)/t19-/m0/s1. The fourth-order valence-corrected chi connectivity index (χ4v) is 4.08. The van der Waals surface area contributed by atoms with Gasteiger partial charge in [0.05, 0.1) is 18.2 Å². The molecule has 1 aromatic carbocycles. The predicted octanol–water partition coefficient (Wildman–Crippen LogP) is 2.42. The number of esters is 1. The molecule has 1 fully saturated rings. The summed E-state index contributed by atoms with van der Waals surface area (Å²) in [7, 11) is 0. The Morgan fingerprint density at radius 1 is 1.31 bits per heavy atom. The Morgan fingerprint density at radius 2 is 2.03 bits per heavy atom. The third kappa shape index (κ3) is 5.46. The zero-order chi connectivity index (χ0) is 20.8. The molecule has 2 amide bonds. The zero-order valence-electron chi connectivity index (χ0n) is 16.6. The molecular formula is C21H27BrN4O3. The highest BCUT2D eigenvalue weighted by atomic mass is 79.9. The second-order valence-electron chi connectivity index (χ2n) is 7.06. The molecule has 3 rings (SSSR count). The number of carbonyl (C=O) groups is 2. The van der Waals surface area contributed by atoms with Crippen LogP contribution in [0, 0.1) is 0 Å². The molecule has 1 saturated heterocycles. The molecule has 2 aliphatic rings. The quantitative estimate of drug-likeness (QED) is 0.480. The minimum absolute atomic E-state index is 0.273. The summed E-state index contributed by atoms with van der Waals surface area (Å²) in [5.41, 5.74) is 1.89. The Bertz CT molecular complexity index is 803. The fourth-order valence-electron chi connectivity index (χ4n) is 3.66. The predicted molar refractivity (Wildman–Crippen MR) is 115 cm³/mol. The van der Waals surface area contributed by atoms with E-state index in [4.69, 9.17) is 4.74 Å². The highest BCUT2D eigenvalue weighted by molar-refractivity contribution is 9.10. The summed E-state index contributed by atoms with van der Waals surface area (Å²) in [5.74, 6) is -0.412. The van der Waals surface area contributed by atoms with E-state index in [1.165, 1.54) is 0 Å². The Kier molecular flexibility index (Phi) is 7.46. The van der Waals surface area contributed by atoms with E-state index in [0.717, 1.165) is 42.8 Å². The van der Waals surface area contributed by atoms with Crippen LogP contribution in [0.5, 0.6) is 0 Å². The van der Waals surface area contributed by atoms with E-state index in [-0.39, 0.29) is 12.6 Å². The van der Waals surface area contributed by atoms with Gasteiger partial charge in [-0.25, -0.2) is 9.59 Å². The van der Waals surface area contributed by atoms with Crippen molar-refractivity contribution in [3.63, 3.8) is 0 Å². The average molecular weight is 463 g/mol. The Balaban J connectivity index is 1.88. The fraction of sp³-hybridized carbons (Fsp3) is 0.429. The van der Waals surface area contributed by atoms with Crippen molar-refractivity contribution in [3.05, 3.63) is 58.2 Å². The summed E-state index contributed by atoms with van der Waals surface area (Å²) >= 11 is 3.46. The van der Waals surface area contributed by atoms with Crippen LogP contribution in [0.25, 0.3) is 0 Å². The van der Waals surface area contributed by atoms with Gasteiger partial charge in [-0.1, -0.05) is 34.1 Å². The van der Waals surface area contributed by atoms with Crippen LogP contribution in [0.4, 0.5) is 4.79 Å². The van der Waals surface area contributed by atoms with Crippen molar-refractivity contribution in [2.24, 2.45) is 0 Å². The summed E-state index contributed by atoms with van der Waals surface area (Å²) in [5, 5.41) is 5.72. The van der Waals surface area contributed by atoms with Gasteiger partial charge in [0.15, 0.2) is 0 Å². The van der Waals surface area contributed by atoms with Crippen LogP contribution in [-0.2, 0) is 9.53 Å². The van der Waals surface area contributed by atoms with Crippen LogP contribution < -0.4 is 10.6 Å². The first-order chi connectivity index (χ1) is 14.0. The third-order valence-electron chi connectivity index (χ3n) is 5.06. The lowest BCUT2D eigenvalue weighted by Gasteiger charge is -2.36. The first kappa shape index (κ1) is 21.5. The van der Waals surface area contributed by atoms with Gasteiger partial charge in [0.1, 0.15) is 0 Å². The van der Waals surface area contributed by atoms with Gasteiger partial charge in [-0.2, -0.15) is 0 Å². The van der Waals surface area contributed by atoms with Crippen LogP contribution in [0.2, 0.25) is 0 Å². The summed E-state index contributed by atoms with van der Waals surface area (Å²) in [4.78, 5) is 29.8. The van der Waals surface area contributed by atoms with Gasteiger partial charge in [-0.3, -0.25) is 9.80 Å². The number of rotatable bonds is 7. The molecule has 0 aromatic heterocycles. The van der Waals surface area contributed by atoms with E-state index < -0.39 is 12.0 Å². The smallest absolute Gasteiger partial charge is 0.338 e. The molecule has 0 saturated carbocycles. The van der Waals surface area contributed by atoms with Crippen LogP contribution in [0.3, 0.4) is 0 Å². The van der Waals surface area contributed by atoms with E-state index in [1.807, 2.05) is 30.3 Å². The largest absolute Gasteiger partial charge is 0.463 e. The maximum absolute atomic E-state index is 12.8. The van der Waals surface area contributed by atoms with Crippen molar-refractivity contribution >= 4 is 27.9 Å². The second-order valence-corrected chi connectivity index (χ2v) is 7.98. The molecule has 29 heavy (non-hydrogen) atoms. The maximum atomic E-state index is 12.8. The number of amides is 2. The highest BCUT2D eigenvalue weighted by Gasteiger charge is 2.34. The van der Waals surface area contributed by atoms with Gasteiger partial charge in [-0.05, 0) is 24.6 Å². The Morgan fingerprint density at radius 3 is 2.69 bits per heavy atom. The first-order valence-electron chi connectivity index (χ1n) is 9.80. The highest BCUT2D eigenvalue weighted by Crippen LogP contribution is 2.29. The number of hydrogen-bond donors (Lipinski definition) is 2. The average Bonchev–Trinajstić information content (AvgIpc) is 2.69. The Labute approximate surface area is 179 Å². The van der Waals surface area contributed by atoms with Crippen LogP contribution in [0.15, 0.2) is 52.7 Å². The van der Waals surface area contributed by atoms with Crippen molar-refractivity contribution in [1.82, 2.24) is 20.4 Å². The molecule has 0 bridgehead atoms. The topological polar surface area (TPSA) is 73.9 Å². The number of carbonyl (C=O) groups excluding carboxylic acids is 2. The van der Waals surface area contributed by atoms with Crippen molar-refractivity contribution in [1.29, 1.82) is 0 Å². The number of urea groups is 1. The number of hydrogen-bond acceptors (Lipinski definition) is 5. The number of nitrogens with zero attached hydrogens (tertiary/aromatic N) is 2. The minimum atomic E-state index is -0.558. The van der Waals surface area contributed by atoms with Gasteiger partial charge in [-0.15, -0.1) is 6.58 Å². The molecule has 7 nitrogen and oxygen atoms in total. The SMILES string of the molecule is C=CCN1CCN(CC2=C(C(=O)OCC)[C@H](c3cccc(Br)c3)NC(=O)N2)CC1. The molecule has 0 unspecified atom stereocenters. The summed E-state index contributed by atoms with van der Waals surface area (Å²) < 4.78 is 6.21. The second kappa shape index (κ2) is 10.0. The number of ether oxygens (including phenoxy) is 1. The van der Waals surface area contributed by atoms with Gasteiger partial charge in [0.2, 0.25) is 0 Å². The number of nitrogens with one attached hydrogen (secondary N) is 2. The van der Waals surface area contributed by atoms with E-state index >= 15 is 0 Å². The van der Waals surface area contributed by atoms with Crippen LogP contribution >= 0.6 is 15.9 Å². The van der Waals surface area contributed by atoms with E-state index in [1.54, 1.807) is 6.92 Å². The van der Waals surface area contributed by atoms with Crippen molar-refractivity contribution in [2.45, 2.75) is 13.0 Å². The number of halogens is 1. The number of piperazine rings is 1. The van der Waals surface area contributed by atoms with E-state index in [0.29, 0.717) is 17.8 Å². The van der Waals surface area contributed by atoms with E-state index in [9.17, 15) is 9.59 Å². The molecule has 8 heteroatoms. The molecule has 1 atom stereocenters. The lowest BCUT2D eigenvalue weighted by atomic mass is 9.95. The molecular weight excluding hydrogens is 436 g/mol. The molecule has 2 heterocycles. The van der Waals surface area contributed by atoms with Gasteiger partial charge >= 0.3 is 12.0 Å². The van der Waals surface area contributed by atoms with Crippen LogP contribution in [0.1, 0.15) is 18.5 Å². The summed E-state index contributed by atoms with van der Waals surface area (Å²) in [6.45, 7) is 10.8. The molecule has 2 N–H and O–H groups in total. The lowest BCUT2D eigenvalue weighted by Crippen LogP contribution is -2.51. The first-order valence-corrected chi connectivity index (χ1v) is 10.6. The summed E-state index contributed by atoms with van der Waals surface area (Å²) in [6, 6.07) is 6.71. The van der Waals surface area contributed by atoms with Gasteiger partial charge in [0.25, 0.3) is 0 Å². The normalized spacial score (nSPS) is 20.8. The summed E-state index contributed by atoms with van der Waals surface area (Å²) in [6.07, 6.45) is 1.91. The number of benzene rings is 1. The maximum Gasteiger partial charge on any atom is 0.338 e. The van der Waals surface area contributed by atoms with Crippen molar-refractivity contribution in [2.75, 3.05) is 45.9 Å². The molecule has 2 aliphatic heterocycles. The van der Waals surface area contributed by atoms with Crippen molar-refractivity contribution < 1.29 is 14.3 Å². The zero-order valence-corrected chi connectivity index (χ0v) is 18.2. The van der Waals surface area contributed by atoms with Gasteiger partial charge in [0, 0.05) is 49.4 Å². The minimum Gasteiger partial charge on any atom is -0.463 e. The van der Waals surface area contributed by atoms with Crippen molar-refractivity contribution in [3.8, 4) is 0 Å². The lowest BCUT2D eigenvalue weighted by molar-refractivity contribution is -0.139. The van der Waals surface area contributed by atoms with Gasteiger partial charge < -0.3 is 15.4 Å². The Hall–Kier alpha value is -2.16.